The lowest BCUT2D eigenvalue weighted by Crippen LogP contribution is -2.21. The molecule has 0 saturated carbocycles. The Bertz CT molecular complexity index is 733. The normalized spacial score (nSPS) is 10.4. The fourth-order valence-electron chi connectivity index (χ4n) is 1.69. The molecule has 0 atom stereocenters. The van der Waals surface area contributed by atoms with E-state index in [4.69, 9.17) is 16.3 Å². The Kier molecular flexibility index (Phi) is 5.10. The molecule has 0 saturated heterocycles. The number of nitrogens with one attached hydrogen (secondary N) is 1. The van der Waals surface area contributed by atoms with E-state index in [-0.39, 0.29) is 10.7 Å². The Morgan fingerprint density at radius 2 is 2.14 bits per heavy atom. The molecule has 1 heterocycles. The van der Waals surface area contributed by atoms with Crippen molar-refractivity contribution in [2.75, 3.05) is 11.9 Å². The van der Waals surface area contributed by atoms with Crippen molar-refractivity contribution in [3.05, 3.63) is 44.6 Å². The van der Waals surface area contributed by atoms with E-state index in [1.165, 1.54) is 17.4 Å². The molecule has 1 aromatic heterocycles. The number of rotatable bonds is 4. The molecule has 0 aliphatic rings. The standard InChI is InChI=1S/C14H12ClFN2O3S/c1-7-13(22-8(2)17-7)14(20)21-6-12(19)18-11-4-3-9(16)5-10(11)15/h3-5H,6H2,1-2H3,(H,18,19). The quantitative estimate of drug-likeness (QED) is 0.865. The summed E-state index contributed by atoms with van der Waals surface area (Å²) in [4.78, 5) is 28.0. The molecule has 0 aliphatic heterocycles. The Balaban J connectivity index is 1.92. The summed E-state index contributed by atoms with van der Waals surface area (Å²) in [5, 5.41) is 3.24. The van der Waals surface area contributed by atoms with Crippen LogP contribution in [0.5, 0.6) is 0 Å². The zero-order valence-electron chi connectivity index (χ0n) is 11.8. The van der Waals surface area contributed by atoms with E-state index < -0.39 is 24.3 Å². The van der Waals surface area contributed by atoms with Crippen molar-refractivity contribution in [3.8, 4) is 0 Å². The van der Waals surface area contributed by atoms with Gasteiger partial charge in [0.15, 0.2) is 6.61 Å². The van der Waals surface area contributed by atoms with Crippen molar-refractivity contribution in [2.45, 2.75) is 13.8 Å². The van der Waals surface area contributed by atoms with E-state index in [0.717, 1.165) is 17.1 Å². The van der Waals surface area contributed by atoms with Gasteiger partial charge in [0.05, 0.1) is 21.4 Å². The van der Waals surface area contributed by atoms with Gasteiger partial charge in [-0.05, 0) is 32.0 Å². The van der Waals surface area contributed by atoms with Gasteiger partial charge >= 0.3 is 5.97 Å². The van der Waals surface area contributed by atoms with Crippen molar-refractivity contribution >= 4 is 40.5 Å². The summed E-state index contributed by atoms with van der Waals surface area (Å²) in [6.07, 6.45) is 0. The monoisotopic (exact) mass is 342 g/mol. The van der Waals surface area contributed by atoms with Crippen LogP contribution in [0.2, 0.25) is 5.02 Å². The molecule has 1 N–H and O–H groups in total. The predicted molar refractivity (Wildman–Crippen MR) is 81.9 cm³/mol. The van der Waals surface area contributed by atoms with Gasteiger partial charge < -0.3 is 10.1 Å². The molecule has 2 aromatic rings. The highest BCUT2D eigenvalue weighted by atomic mass is 35.5. The van der Waals surface area contributed by atoms with Gasteiger partial charge in [-0.25, -0.2) is 14.2 Å². The van der Waals surface area contributed by atoms with Crippen LogP contribution in [0.25, 0.3) is 0 Å². The third kappa shape index (κ3) is 4.02. The summed E-state index contributed by atoms with van der Waals surface area (Å²) in [6.45, 7) is 3.00. The largest absolute Gasteiger partial charge is 0.451 e. The number of halogens is 2. The Morgan fingerprint density at radius 3 is 2.73 bits per heavy atom. The highest BCUT2D eigenvalue weighted by Gasteiger charge is 2.17. The number of amides is 1. The molecule has 0 unspecified atom stereocenters. The van der Waals surface area contributed by atoms with Gasteiger partial charge in [0.2, 0.25) is 0 Å². The maximum absolute atomic E-state index is 12.9. The first kappa shape index (κ1) is 16.4. The third-order valence-electron chi connectivity index (χ3n) is 2.63. The second-order valence-electron chi connectivity index (χ2n) is 4.40. The molecule has 5 nitrogen and oxygen atoms in total. The van der Waals surface area contributed by atoms with Crippen LogP contribution in [0.4, 0.5) is 10.1 Å². The number of carbonyl (C=O) groups is 2. The van der Waals surface area contributed by atoms with E-state index >= 15 is 0 Å². The first-order chi connectivity index (χ1) is 10.4. The minimum absolute atomic E-state index is 0.0635. The van der Waals surface area contributed by atoms with Crippen LogP contribution in [-0.4, -0.2) is 23.5 Å². The average molecular weight is 343 g/mol. The molecule has 2 rings (SSSR count). The molecule has 116 valence electrons. The molecule has 0 radical (unpaired) electrons. The fourth-order valence-corrected chi connectivity index (χ4v) is 2.72. The molecule has 0 bridgehead atoms. The summed E-state index contributed by atoms with van der Waals surface area (Å²) in [5.74, 6) is -1.69. The molecule has 1 aromatic carbocycles. The lowest BCUT2D eigenvalue weighted by atomic mass is 10.3. The number of carbonyl (C=O) groups excluding carboxylic acids is 2. The molecule has 0 spiro atoms. The number of thiazole rings is 1. The summed E-state index contributed by atoms with van der Waals surface area (Å²) in [5.41, 5.74) is 0.809. The van der Waals surface area contributed by atoms with Crippen LogP contribution < -0.4 is 5.32 Å². The maximum Gasteiger partial charge on any atom is 0.350 e. The smallest absolute Gasteiger partial charge is 0.350 e. The molecular formula is C14H12ClFN2O3S. The number of nitrogens with zero attached hydrogens (tertiary/aromatic N) is 1. The first-order valence-electron chi connectivity index (χ1n) is 6.23. The van der Waals surface area contributed by atoms with E-state index in [2.05, 4.69) is 10.3 Å². The van der Waals surface area contributed by atoms with Crippen molar-refractivity contribution in [2.24, 2.45) is 0 Å². The van der Waals surface area contributed by atoms with Gasteiger partial charge in [0.1, 0.15) is 10.7 Å². The molecule has 8 heteroatoms. The van der Waals surface area contributed by atoms with E-state index in [1.54, 1.807) is 13.8 Å². The van der Waals surface area contributed by atoms with E-state index in [0.29, 0.717) is 10.6 Å². The Labute approximate surface area is 135 Å². The highest BCUT2D eigenvalue weighted by Crippen LogP contribution is 2.22. The summed E-state index contributed by atoms with van der Waals surface area (Å²) < 4.78 is 17.8. The van der Waals surface area contributed by atoms with Gasteiger partial charge in [0, 0.05) is 0 Å². The Morgan fingerprint density at radius 1 is 1.41 bits per heavy atom. The number of ether oxygens (including phenoxy) is 1. The lowest BCUT2D eigenvalue weighted by Gasteiger charge is -2.07. The number of anilines is 1. The van der Waals surface area contributed by atoms with Gasteiger partial charge in [-0.1, -0.05) is 11.6 Å². The molecule has 0 fully saturated rings. The molecule has 0 aliphatic carbocycles. The van der Waals surface area contributed by atoms with Crippen LogP contribution >= 0.6 is 22.9 Å². The first-order valence-corrected chi connectivity index (χ1v) is 7.42. The molecular weight excluding hydrogens is 331 g/mol. The van der Waals surface area contributed by atoms with Gasteiger partial charge in [-0.15, -0.1) is 11.3 Å². The summed E-state index contributed by atoms with van der Waals surface area (Å²) in [7, 11) is 0. The van der Waals surface area contributed by atoms with Gasteiger partial charge in [0.25, 0.3) is 5.91 Å². The maximum atomic E-state index is 12.9. The number of aromatic nitrogens is 1. The van der Waals surface area contributed by atoms with Gasteiger partial charge in [-0.3, -0.25) is 4.79 Å². The number of aryl methyl sites for hydroxylation is 2. The van der Waals surface area contributed by atoms with Crippen LogP contribution in [0.1, 0.15) is 20.4 Å². The molecule has 1 amide bonds. The van der Waals surface area contributed by atoms with Crippen LogP contribution in [0.15, 0.2) is 18.2 Å². The number of esters is 1. The van der Waals surface area contributed by atoms with E-state index in [1.807, 2.05) is 0 Å². The molecule has 22 heavy (non-hydrogen) atoms. The number of benzene rings is 1. The second-order valence-corrected chi connectivity index (χ2v) is 6.01. The average Bonchev–Trinajstić information content (AvgIpc) is 2.78. The minimum Gasteiger partial charge on any atom is -0.451 e. The fraction of sp³-hybridized carbons (Fsp3) is 0.214. The van der Waals surface area contributed by atoms with Crippen LogP contribution in [0, 0.1) is 19.7 Å². The van der Waals surface area contributed by atoms with Crippen LogP contribution in [-0.2, 0) is 9.53 Å². The zero-order valence-corrected chi connectivity index (χ0v) is 13.3. The minimum atomic E-state index is -0.608. The van der Waals surface area contributed by atoms with Crippen LogP contribution in [0.3, 0.4) is 0 Å². The summed E-state index contributed by atoms with van der Waals surface area (Å²) >= 11 is 6.99. The zero-order chi connectivity index (χ0) is 16.3. The lowest BCUT2D eigenvalue weighted by molar-refractivity contribution is -0.119. The predicted octanol–water partition coefficient (Wildman–Crippen LogP) is 3.35. The summed E-state index contributed by atoms with van der Waals surface area (Å²) in [6, 6.07) is 3.57. The topological polar surface area (TPSA) is 68.3 Å². The Hall–Kier alpha value is -1.99. The second kappa shape index (κ2) is 6.85. The number of hydrogen-bond acceptors (Lipinski definition) is 5. The van der Waals surface area contributed by atoms with Crippen molar-refractivity contribution in [3.63, 3.8) is 0 Å². The number of hydrogen-bond donors (Lipinski definition) is 1. The van der Waals surface area contributed by atoms with Crippen molar-refractivity contribution < 1.29 is 18.7 Å². The van der Waals surface area contributed by atoms with E-state index in [9.17, 15) is 14.0 Å². The van der Waals surface area contributed by atoms with Crippen molar-refractivity contribution in [1.29, 1.82) is 0 Å². The third-order valence-corrected chi connectivity index (χ3v) is 3.99. The van der Waals surface area contributed by atoms with Crippen molar-refractivity contribution in [1.82, 2.24) is 4.98 Å². The highest BCUT2D eigenvalue weighted by molar-refractivity contribution is 7.13. The van der Waals surface area contributed by atoms with Gasteiger partial charge in [-0.2, -0.15) is 0 Å². The SMILES string of the molecule is Cc1nc(C)c(C(=O)OCC(=O)Nc2ccc(F)cc2Cl)s1.